The van der Waals surface area contributed by atoms with Crippen LogP contribution in [0.4, 0.5) is 16.2 Å². The minimum Gasteiger partial charge on any atom is -0.497 e. The fourth-order valence-corrected chi connectivity index (χ4v) is 5.17. The standard InChI is InChI=1S/C25H34N4O2/c1-17(2)29-16-25(23(29)19-5-7-20(26)8-6-19)11-13-28(14-12-25)24(30)27-22-10-9-21(31-4)15-18(22)3/h5-10,15,17,23H,11-14,16,26H2,1-4H3,(H,27,30). The smallest absolute Gasteiger partial charge is 0.321 e. The van der Waals surface area contributed by atoms with Gasteiger partial charge >= 0.3 is 6.03 Å². The molecule has 0 radical (unpaired) electrons. The second-order valence-electron chi connectivity index (χ2n) is 9.30. The highest BCUT2D eigenvalue weighted by atomic mass is 16.5. The van der Waals surface area contributed by atoms with Crippen molar-refractivity contribution in [2.45, 2.75) is 45.7 Å². The van der Waals surface area contributed by atoms with Gasteiger partial charge in [-0.1, -0.05) is 12.1 Å². The molecule has 6 heteroatoms. The van der Waals surface area contributed by atoms with E-state index in [-0.39, 0.29) is 11.4 Å². The molecule has 3 N–H and O–H groups in total. The quantitative estimate of drug-likeness (QED) is 0.703. The van der Waals surface area contributed by atoms with Crippen molar-refractivity contribution < 1.29 is 9.53 Å². The van der Waals surface area contributed by atoms with E-state index in [0.717, 1.165) is 55.2 Å². The van der Waals surface area contributed by atoms with Crippen LogP contribution in [-0.4, -0.2) is 48.6 Å². The van der Waals surface area contributed by atoms with Gasteiger partial charge in [0, 0.05) is 48.5 Å². The average molecular weight is 423 g/mol. The molecule has 1 unspecified atom stereocenters. The van der Waals surface area contributed by atoms with Gasteiger partial charge in [0.1, 0.15) is 5.75 Å². The zero-order valence-electron chi connectivity index (χ0n) is 19.0. The van der Waals surface area contributed by atoms with Gasteiger partial charge in [-0.2, -0.15) is 0 Å². The van der Waals surface area contributed by atoms with E-state index in [2.05, 4.69) is 36.2 Å². The fourth-order valence-electron chi connectivity index (χ4n) is 5.17. The van der Waals surface area contributed by atoms with Gasteiger partial charge < -0.3 is 20.7 Å². The summed E-state index contributed by atoms with van der Waals surface area (Å²) in [5.41, 5.74) is 10.1. The predicted octanol–water partition coefficient (Wildman–Crippen LogP) is 4.67. The maximum Gasteiger partial charge on any atom is 0.321 e. The van der Waals surface area contributed by atoms with Crippen LogP contribution in [0.3, 0.4) is 0 Å². The second-order valence-corrected chi connectivity index (χ2v) is 9.30. The summed E-state index contributed by atoms with van der Waals surface area (Å²) in [5.74, 6) is 0.795. The average Bonchev–Trinajstić information content (AvgIpc) is 2.75. The van der Waals surface area contributed by atoms with Gasteiger partial charge in [-0.3, -0.25) is 4.90 Å². The van der Waals surface area contributed by atoms with Crippen molar-refractivity contribution in [3.63, 3.8) is 0 Å². The van der Waals surface area contributed by atoms with Crippen molar-refractivity contribution in [2.24, 2.45) is 5.41 Å². The van der Waals surface area contributed by atoms with Crippen LogP contribution in [-0.2, 0) is 0 Å². The summed E-state index contributed by atoms with van der Waals surface area (Å²) >= 11 is 0. The van der Waals surface area contributed by atoms with E-state index in [9.17, 15) is 4.79 Å². The molecule has 2 heterocycles. The molecule has 31 heavy (non-hydrogen) atoms. The highest BCUT2D eigenvalue weighted by Gasteiger charge is 2.54. The van der Waals surface area contributed by atoms with Crippen molar-refractivity contribution in [3.8, 4) is 5.75 Å². The molecule has 4 rings (SSSR count). The van der Waals surface area contributed by atoms with Crippen LogP contribution in [0.25, 0.3) is 0 Å². The number of carbonyl (C=O) groups is 1. The molecule has 2 saturated heterocycles. The Bertz CT molecular complexity index is 933. The number of benzene rings is 2. The molecule has 2 amide bonds. The number of nitrogen functional groups attached to an aromatic ring is 1. The van der Waals surface area contributed by atoms with Gasteiger partial charge in [0.15, 0.2) is 0 Å². The molecular weight excluding hydrogens is 388 g/mol. The Kier molecular flexibility index (Phi) is 5.84. The normalized spacial score (nSPS) is 20.5. The SMILES string of the molecule is COc1ccc(NC(=O)N2CCC3(CC2)CN(C(C)C)C3c2ccc(N)cc2)c(C)c1. The Hall–Kier alpha value is -2.73. The van der Waals surface area contributed by atoms with Crippen LogP contribution in [0.5, 0.6) is 5.75 Å². The van der Waals surface area contributed by atoms with Gasteiger partial charge in [0.05, 0.1) is 7.11 Å². The minimum absolute atomic E-state index is 0.0211. The highest BCUT2D eigenvalue weighted by Crippen LogP contribution is 2.55. The Labute approximate surface area is 185 Å². The Morgan fingerprint density at radius 3 is 2.42 bits per heavy atom. The van der Waals surface area contributed by atoms with Crippen LogP contribution >= 0.6 is 0 Å². The second kappa shape index (κ2) is 8.42. The third-order valence-corrected chi connectivity index (χ3v) is 7.05. The number of nitrogens with two attached hydrogens (primary N) is 1. The minimum atomic E-state index is -0.0211. The van der Waals surface area contributed by atoms with Crippen LogP contribution in [0, 0.1) is 12.3 Å². The van der Waals surface area contributed by atoms with E-state index in [1.165, 1.54) is 5.56 Å². The molecule has 2 fully saturated rings. The third kappa shape index (κ3) is 4.09. The number of methoxy groups -OCH3 is 1. The summed E-state index contributed by atoms with van der Waals surface area (Å²) in [7, 11) is 1.65. The number of likely N-dealkylation sites (tertiary alicyclic amines) is 2. The predicted molar refractivity (Wildman–Crippen MR) is 125 cm³/mol. The summed E-state index contributed by atoms with van der Waals surface area (Å²) in [5, 5.41) is 3.08. The number of nitrogens with one attached hydrogen (secondary N) is 1. The molecule has 1 spiro atoms. The third-order valence-electron chi connectivity index (χ3n) is 7.05. The maximum atomic E-state index is 12.9. The lowest BCUT2D eigenvalue weighted by Crippen LogP contribution is -2.64. The molecule has 166 valence electrons. The van der Waals surface area contributed by atoms with Crippen LogP contribution in [0.15, 0.2) is 42.5 Å². The lowest BCUT2D eigenvalue weighted by molar-refractivity contribution is -0.123. The first-order valence-corrected chi connectivity index (χ1v) is 11.1. The summed E-state index contributed by atoms with van der Waals surface area (Å²) < 4.78 is 5.26. The van der Waals surface area contributed by atoms with E-state index in [0.29, 0.717) is 12.1 Å². The molecule has 0 aromatic heterocycles. The Morgan fingerprint density at radius 2 is 1.84 bits per heavy atom. The molecule has 2 aromatic rings. The molecular formula is C25H34N4O2. The monoisotopic (exact) mass is 422 g/mol. The van der Waals surface area contributed by atoms with Gasteiger partial charge in [-0.05, 0) is 75.1 Å². The number of amides is 2. The summed E-state index contributed by atoms with van der Waals surface area (Å²) in [6.45, 7) is 9.15. The molecule has 2 aromatic carbocycles. The van der Waals surface area contributed by atoms with Gasteiger partial charge in [-0.15, -0.1) is 0 Å². The number of piperidine rings is 1. The van der Waals surface area contributed by atoms with Crippen molar-refractivity contribution in [2.75, 3.05) is 37.8 Å². The molecule has 2 aliphatic rings. The molecule has 0 aliphatic carbocycles. The lowest BCUT2D eigenvalue weighted by atomic mass is 9.62. The molecule has 1 atom stereocenters. The first-order valence-electron chi connectivity index (χ1n) is 11.1. The molecule has 0 bridgehead atoms. The first kappa shape index (κ1) is 21.5. The summed E-state index contributed by atoms with van der Waals surface area (Å²) in [6.07, 6.45) is 2.03. The maximum absolute atomic E-state index is 12.9. The number of ether oxygens (including phenoxy) is 1. The number of urea groups is 1. The van der Waals surface area contributed by atoms with Crippen molar-refractivity contribution in [3.05, 3.63) is 53.6 Å². The first-order chi connectivity index (χ1) is 14.8. The van der Waals surface area contributed by atoms with E-state index < -0.39 is 0 Å². The largest absolute Gasteiger partial charge is 0.497 e. The Balaban J connectivity index is 1.43. The zero-order valence-corrected chi connectivity index (χ0v) is 19.0. The molecule has 0 saturated carbocycles. The Morgan fingerprint density at radius 1 is 1.16 bits per heavy atom. The number of hydrogen-bond acceptors (Lipinski definition) is 4. The number of nitrogens with zero attached hydrogens (tertiary/aromatic N) is 2. The van der Waals surface area contributed by atoms with Crippen molar-refractivity contribution in [1.29, 1.82) is 0 Å². The summed E-state index contributed by atoms with van der Waals surface area (Å²) in [4.78, 5) is 17.4. The van der Waals surface area contributed by atoms with E-state index in [1.807, 2.05) is 42.2 Å². The number of rotatable bonds is 4. The van der Waals surface area contributed by atoms with Gasteiger partial charge in [0.25, 0.3) is 0 Å². The number of hydrogen-bond donors (Lipinski definition) is 2. The molecule has 2 aliphatic heterocycles. The van der Waals surface area contributed by atoms with Crippen molar-refractivity contribution >= 4 is 17.4 Å². The van der Waals surface area contributed by atoms with E-state index in [4.69, 9.17) is 10.5 Å². The van der Waals surface area contributed by atoms with Gasteiger partial charge in [-0.25, -0.2) is 4.79 Å². The lowest BCUT2D eigenvalue weighted by Gasteiger charge is -2.62. The topological polar surface area (TPSA) is 70.8 Å². The highest BCUT2D eigenvalue weighted by molar-refractivity contribution is 5.90. The van der Waals surface area contributed by atoms with Gasteiger partial charge in [0.2, 0.25) is 0 Å². The number of aryl methyl sites for hydroxylation is 1. The fraction of sp³-hybridized carbons (Fsp3) is 0.480. The number of carbonyl (C=O) groups excluding carboxylic acids is 1. The zero-order chi connectivity index (χ0) is 22.2. The number of anilines is 2. The van der Waals surface area contributed by atoms with Crippen LogP contribution in [0.1, 0.15) is 43.9 Å². The van der Waals surface area contributed by atoms with Crippen LogP contribution < -0.4 is 15.8 Å². The van der Waals surface area contributed by atoms with E-state index in [1.54, 1.807) is 7.11 Å². The summed E-state index contributed by atoms with van der Waals surface area (Å²) in [6, 6.07) is 14.9. The van der Waals surface area contributed by atoms with Crippen molar-refractivity contribution in [1.82, 2.24) is 9.80 Å². The molecule has 6 nitrogen and oxygen atoms in total. The van der Waals surface area contributed by atoms with E-state index >= 15 is 0 Å². The van der Waals surface area contributed by atoms with Crippen LogP contribution in [0.2, 0.25) is 0 Å².